The number of imidazole rings is 2. The van der Waals surface area contributed by atoms with E-state index in [9.17, 15) is 44.5 Å². The van der Waals surface area contributed by atoms with Gasteiger partial charge < -0.3 is 76.9 Å². The number of aryl methyl sites for hydroxylation is 2. The second-order valence-electron chi connectivity index (χ2n) is 11.2. The molecule has 0 aromatic carbocycles. The number of unbranched alkanes of at least 4 members (excludes halogenated alkanes) is 1. The number of amides is 4. The third kappa shape index (κ3) is 19.7. The third-order valence-corrected chi connectivity index (χ3v) is 7.62. The van der Waals surface area contributed by atoms with Crippen LogP contribution in [0.15, 0.2) is 29.8 Å². The fourth-order valence-corrected chi connectivity index (χ4v) is 5.08. The van der Waals surface area contributed by atoms with Gasteiger partial charge in [-0.1, -0.05) is 9.97 Å². The quantitative estimate of drug-likeness (QED) is 0.0185. The van der Waals surface area contributed by atoms with Crippen LogP contribution in [-0.2, 0) is 79.9 Å². The number of aromatic nitrogens is 4. The summed E-state index contributed by atoms with van der Waals surface area (Å²) < 4.78 is 10.7. The van der Waals surface area contributed by atoms with Crippen LogP contribution in [0.25, 0.3) is 0 Å². The van der Waals surface area contributed by atoms with Crippen LogP contribution in [0.4, 0.5) is 11.9 Å². The SMILES string of the molecule is O=C(CCn1ccnc1[N+](=O)[O-])NCCCC[C@H](NC(=O)CCn1ccnc1[N+](=O)[O-])C(=O)NCCCNC(=O)CN(CC[S-])CC([O-])=NCC[S-].[O]=[99Tc+3]. The fraction of sp³-hybridized carbons (Fsp3) is 0.621. The minimum atomic E-state index is -0.951. The monoisotopic (exact) mass is 882 g/mol. The first-order chi connectivity index (χ1) is 25.9. The van der Waals surface area contributed by atoms with Crippen LogP contribution in [-0.4, -0.2) is 127 Å². The standard InChI is InChI=1S/C29H46N12O9S2.O.Tc/c42-23(5-13-38-15-10-34-28(38)40(47)48)30-7-2-1-4-22(36-24(43)6-14-39-16-11-35-29(39)41(49)50)27(46)33-9-3-8-31-25(44)20-37(17-19-52)21-26(45)32-12-18-51;;/h10-11,15-16,22,51-52H,1-9,12-14,17-21H2,(H,30,42)(H,31,44)(H,32,45)(H,33,46)(H,36,43);;/q;;+3/p-3/t22-;;/m0../s1/i;;1+1. The first kappa shape index (κ1) is 47.7. The topological polar surface area (TPSA) is 294 Å². The Bertz CT molecular complexity index is 1530. The Hall–Kier alpha value is -4.32. The zero-order valence-electron chi connectivity index (χ0n) is 29.3. The molecule has 2 aromatic rings. The molecule has 2 heterocycles. The number of nitrogens with one attached hydrogen (secondary N) is 4. The van der Waals surface area contributed by atoms with E-state index in [1.807, 2.05) is 0 Å². The van der Waals surface area contributed by atoms with Gasteiger partial charge in [-0.2, -0.15) is 11.5 Å². The number of carbonyl (C=O) groups is 4. The number of aliphatic imine (C=N–C) groups is 1. The summed E-state index contributed by atoms with van der Waals surface area (Å²) in [4.78, 5) is 84.0. The summed E-state index contributed by atoms with van der Waals surface area (Å²) in [5.41, 5.74) is 0. The second-order valence-corrected chi connectivity index (χ2v) is 12.0. The Morgan fingerprint density at radius 1 is 0.815 bits per heavy atom. The van der Waals surface area contributed by atoms with Crippen molar-refractivity contribution in [3.05, 3.63) is 45.0 Å². The Balaban J connectivity index is 0.00000716. The first-order valence-electron chi connectivity index (χ1n) is 16.6. The summed E-state index contributed by atoms with van der Waals surface area (Å²) in [5, 5.41) is 44.9. The van der Waals surface area contributed by atoms with Crippen LogP contribution in [0.1, 0.15) is 38.5 Å². The van der Waals surface area contributed by atoms with Crippen molar-refractivity contribution in [2.75, 3.05) is 57.3 Å². The average molecular weight is 883 g/mol. The van der Waals surface area contributed by atoms with E-state index in [4.69, 9.17) is 28.8 Å². The summed E-state index contributed by atoms with van der Waals surface area (Å²) in [7, 11) is 0. The van der Waals surface area contributed by atoms with Crippen LogP contribution in [0.5, 0.6) is 0 Å². The number of carbonyl (C=O) groups excluding carboxylic acids is 4. The van der Waals surface area contributed by atoms with E-state index in [0.29, 0.717) is 37.3 Å². The van der Waals surface area contributed by atoms with E-state index in [-0.39, 0.29) is 95.3 Å². The number of hydrogen-bond acceptors (Lipinski definition) is 16. The molecule has 4 amide bonds. The van der Waals surface area contributed by atoms with Crippen molar-refractivity contribution in [2.24, 2.45) is 4.99 Å². The summed E-state index contributed by atoms with van der Waals surface area (Å²) in [5.74, 6) is -2.16. The summed E-state index contributed by atoms with van der Waals surface area (Å²) in [6.45, 7) is 1.18. The predicted octanol–water partition coefficient (Wildman–Crippen LogP) is -2.20. The van der Waals surface area contributed by atoms with Gasteiger partial charge in [0.25, 0.3) is 0 Å². The van der Waals surface area contributed by atoms with Gasteiger partial charge in [0.05, 0.1) is 32.5 Å². The molecule has 54 heavy (non-hydrogen) atoms. The predicted molar refractivity (Wildman–Crippen MR) is 190 cm³/mol. The van der Waals surface area contributed by atoms with Crippen molar-refractivity contribution in [1.82, 2.24) is 45.3 Å². The number of nitrogens with zero attached hydrogens (tertiary/aromatic N) is 8. The molecule has 0 unspecified atom stereocenters. The van der Waals surface area contributed by atoms with Crippen molar-refractivity contribution in [3.63, 3.8) is 0 Å². The van der Waals surface area contributed by atoms with Crippen molar-refractivity contribution < 1.29 is 56.5 Å². The molecule has 1 atom stereocenters. The van der Waals surface area contributed by atoms with Gasteiger partial charge in [0, 0.05) is 32.7 Å². The molecule has 2 aromatic heterocycles. The molecule has 2 rings (SSSR count). The van der Waals surface area contributed by atoms with Crippen molar-refractivity contribution >= 4 is 66.7 Å². The van der Waals surface area contributed by atoms with Crippen molar-refractivity contribution in [1.29, 1.82) is 0 Å². The Kier molecular flexibility index (Phi) is 24.9. The molecule has 25 heteroatoms. The molecule has 0 aliphatic heterocycles. The molecule has 0 spiro atoms. The van der Waals surface area contributed by atoms with Crippen LogP contribution in [0.2, 0.25) is 0 Å². The van der Waals surface area contributed by atoms with Gasteiger partial charge in [0.1, 0.15) is 30.8 Å². The van der Waals surface area contributed by atoms with E-state index in [1.54, 1.807) is 4.90 Å². The second kappa shape index (κ2) is 28.2. The maximum absolute atomic E-state index is 13.1. The zero-order chi connectivity index (χ0) is 40.3. The first-order valence-corrected chi connectivity index (χ1v) is 18.5. The maximum atomic E-state index is 13.1. The van der Waals surface area contributed by atoms with Gasteiger partial charge in [0.15, 0.2) is 0 Å². The molecule has 0 saturated heterocycles. The fourth-order valence-electron chi connectivity index (χ4n) is 4.73. The summed E-state index contributed by atoms with van der Waals surface area (Å²) in [6, 6.07) is -0.951. The van der Waals surface area contributed by atoms with Gasteiger partial charge in [-0.15, -0.1) is 0 Å². The minimum absolute atomic E-state index is 0.00756. The molecule has 0 bridgehead atoms. The summed E-state index contributed by atoms with van der Waals surface area (Å²) >= 11 is 10.7. The van der Waals surface area contributed by atoms with Gasteiger partial charge in [-0.05, 0) is 48.0 Å². The van der Waals surface area contributed by atoms with E-state index >= 15 is 0 Å². The van der Waals surface area contributed by atoms with E-state index in [0.717, 1.165) is 18.9 Å². The van der Waals surface area contributed by atoms with Crippen LogP contribution in [0, 0.1) is 20.2 Å². The molecule has 0 radical (unpaired) electrons. The molecular weight excluding hydrogens is 839 g/mol. The van der Waals surface area contributed by atoms with Gasteiger partial charge in [-0.3, -0.25) is 24.1 Å². The van der Waals surface area contributed by atoms with Crippen LogP contribution >= 0.6 is 0 Å². The average Bonchev–Trinajstić information content (AvgIpc) is 3.83. The molecular formula is C29H43N12O10S2Tc. The molecule has 0 aliphatic carbocycles. The van der Waals surface area contributed by atoms with Crippen molar-refractivity contribution in [3.8, 4) is 0 Å². The summed E-state index contributed by atoms with van der Waals surface area (Å²) in [6.07, 6.45) is 6.60. The number of nitro groups is 2. The molecule has 0 saturated carbocycles. The molecule has 298 valence electrons. The normalized spacial score (nSPS) is 11.6. The van der Waals surface area contributed by atoms with Gasteiger partial charge in [-0.25, -0.2) is 9.13 Å². The number of rotatable bonds is 27. The molecule has 0 fully saturated rings. The van der Waals surface area contributed by atoms with E-state index in [2.05, 4.69) is 36.2 Å². The Morgan fingerprint density at radius 3 is 1.94 bits per heavy atom. The van der Waals surface area contributed by atoms with Crippen molar-refractivity contribution in [2.45, 2.75) is 57.7 Å². The molecule has 4 N–H and O–H groups in total. The van der Waals surface area contributed by atoms with Gasteiger partial charge >= 0.3 is 34.3 Å². The van der Waals surface area contributed by atoms with Crippen LogP contribution < -0.4 is 26.4 Å². The molecule has 22 nitrogen and oxygen atoms in total. The van der Waals surface area contributed by atoms with Crippen LogP contribution in [0.3, 0.4) is 0 Å². The van der Waals surface area contributed by atoms with Gasteiger partial charge in [0.2, 0.25) is 23.6 Å². The Morgan fingerprint density at radius 2 is 1.37 bits per heavy atom. The Labute approximate surface area is 332 Å². The molecule has 0 aliphatic rings. The number of hydrogen-bond donors (Lipinski definition) is 4. The van der Waals surface area contributed by atoms with E-state index in [1.165, 1.54) is 33.9 Å². The third-order valence-electron chi connectivity index (χ3n) is 7.25. The zero-order valence-corrected chi connectivity index (χ0v) is 32.8. The van der Waals surface area contributed by atoms with E-state index < -0.39 is 33.7 Å².